The second-order valence-corrected chi connectivity index (χ2v) is 6.63. The molecule has 1 saturated heterocycles. The number of H-pyrrole nitrogens is 1. The number of aromatic amines is 1. The molecule has 3 aromatic rings. The number of pyridine rings is 1. The number of carbonyl (C=O) groups excluding carboxylic acids is 1. The number of nitrogens with zero attached hydrogens (tertiary/aromatic N) is 4. The minimum absolute atomic E-state index is 0.344. The lowest BCUT2D eigenvalue weighted by Crippen LogP contribution is -2.48. The van der Waals surface area contributed by atoms with Crippen LogP contribution in [0.1, 0.15) is 19.3 Å². The lowest BCUT2D eigenvalue weighted by molar-refractivity contribution is -0.154. The zero-order valence-electron chi connectivity index (χ0n) is 14.3. The van der Waals surface area contributed by atoms with Crippen molar-refractivity contribution in [2.75, 3.05) is 18.0 Å². The van der Waals surface area contributed by atoms with Gasteiger partial charge in [-0.05, 0) is 18.9 Å². The van der Waals surface area contributed by atoms with E-state index in [0.29, 0.717) is 18.6 Å². The molecule has 7 nitrogen and oxygen atoms in total. The second-order valence-electron chi connectivity index (χ2n) is 6.63. The summed E-state index contributed by atoms with van der Waals surface area (Å²) in [5.41, 5.74) is 2.21. The zero-order chi connectivity index (χ0) is 19.0. The second kappa shape index (κ2) is 6.67. The van der Waals surface area contributed by atoms with Crippen LogP contribution in [0.5, 0.6) is 0 Å². The van der Waals surface area contributed by atoms with Gasteiger partial charge in [0.15, 0.2) is 5.65 Å². The fourth-order valence-electron chi connectivity index (χ4n) is 3.56. The van der Waals surface area contributed by atoms with Crippen LogP contribution in [0.4, 0.5) is 18.9 Å². The van der Waals surface area contributed by atoms with E-state index in [1.165, 1.54) is 0 Å². The van der Waals surface area contributed by atoms with Crippen molar-refractivity contribution >= 4 is 33.5 Å². The first-order valence-corrected chi connectivity index (χ1v) is 8.58. The molecule has 1 atom stereocenters. The van der Waals surface area contributed by atoms with Crippen LogP contribution >= 0.6 is 0 Å². The maximum atomic E-state index is 12.4. The Morgan fingerprint density at radius 3 is 3.00 bits per heavy atom. The highest BCUT2D eigenvalue weighted by Gasteiger charge is 2.33. The molecule has 27 heavy (non-hydrogen) atoms. The van der Waals surface area contributed by atoms with Gasteiger partial charge in [-0.25, -0.2) is 9.97 Å². The zero-order valence-corrected chi connectivity index (χ0v) is 14.3. The first-order chi connectivity index (χ1) is 12.9. The molecule has 3 aromatic heterocycles. The molecule has 0 aliphatic carbocycles. The summed E-state index contributed by atoms with van der Waals surface area (Å²) in [5, 5.41) is 11.4. The molecule has 1 aliphatic rings. The van der Waals surface area contributed by atoms with E-state index < -0.39 is 18.5 Å². The topological polar surface area (TPSA) is 86.8 Å². The smallest absolute Gasteiger partial charge is 0.368 e. The third-order valence-electron chi connectivity index (χ3n) is 4.65. The van der Waals surface area contributed by atoms with E-state index in [4.69, 9.17) is 0 Å². The van der Waals surface area contributed by atoms with Crippen LogP contribution in [0.3, 0.4) is 0 Å². The number of fused-ring (bicyclic) bond motifs is 3. The van der Waals surface area contributed by atoms with Gasteiger partial charge in [0, 0.05) is 36.1 Å². The first-order valence-electron chi connectivity index (χ1n) is 8.58. The Morgan fingerprint density at radius 2 is 2.19 bits per heavy atom. The quantitative estimate of drug-likeness (QED) is 0.732. The summed E-state index contributed by atoms with van der Waals surface area (Å²) in [6, 6.07) is 1.53. The van der Waals surface area contributed by atoms with Crippen LogP contribution in [0, 0.1) is 0 Å². The fraction of sp³-hybridized carbons (Fsp3) is 0.412. The number of carbonyl (C=O) groups is 1. The molecule has 0 radical (unpaired) electrons. The number of aromatic nitrogens is 4. The number of halogens is 3. The summed E-state index contributed by atoms with van der Waals surface area (Å²) in [6.07, 6.45) is 0.459. The fourth-order valence-corrected chi connectivity index (χ4v) is 3.56. The standard InChI is InChI=1S/C17H17F3N6O/c18-17(19,20)6-14(27)24-10-2-1-5-26(9-10)13-8-23-25-12-7-22-16-11(15(12)13)3-4-21-16/h3-4,7-8,10,25H,1-2,5-6,9H2,(H,24,27). The van der Waals surface area contributed by atoms with Gasteiger partial charge in [-0.1, -0.05) is 0 Å². The van der Waals surface area contributed by atoms with Crippen molar-refractivity contribution in [3.05, 3.63) is 24.7 Å². The number of nitrogens with one attached hydrogen (secondary N) is 2. The molecule has 1 unspecified atom stereocenters. The van der Waals surface area contributed by atoms with Gasteiger partial charge >= 0.3 is 6.18 Å². The monoisotopic (exact) mass is 378 g/mol. The number of hydrogen-bond acceptors (Lipinski definition) is 5. The highest BCUT2D eigenvalue weighted by atomic mass is 19.4. The van der Waals surface area contributed by atoms with E-state index in [1.54, 1.807) is 18.6 Å². The Morgan fingerprint density at radius 1 is 1.33 bits per heavy atom. The first kappa shape index (κ1) is 17.5. The molecular weight excluding hydrogens is 361 g/mol. The number of anilines is 1. The summed E-state index contributed by atoms with van der Waals surface area (Å²) in [6.45, 7) is 1.15. The molecule has 0 spiro atoms. The molecule has 0 aromatic carbocycles. The molecule has 4 rings (SSSR count). The summed E-state index contributed by atoms with van der Waals surface area (Å²) >= 11 is 0. The predicted octanol–water partition coefficient (Wildman–Crippen LogP) is 2.54. The molecule has 0 bridgehead atoms. The lowest BCUT2D eigenvalue weighted by atomic mass is 10.0. The van der Waals surface area contributed by atoms with E-state index in [0.717, 1.165) is 34.9 Å². The van der Waals surface area contributed by atoms with Crippen molar-refractivity contribution in [3.8, 4) is 0 Å². The molecule has 0 saturated carbocycles. The van der Waals surface area contributed by atoms with Crippen LogP contribution in [0.15, 0.2) is 24.7 Å². The summed E-state index contributed by atoms with van der Waals surface area (Å²) in [5.74, 6) is -0.995. The van der Waals surface area contributed by atoms with E-state index in [9.17, 15) is 18.0 Å². The number of piperidine rings is 1. The van der Waals surface area contributed by atoms with Crippen molar-refractivity contribution in [1.29, 1.82) is 0 Å². The molecule has 10 heteroatoms. The largest absolute Gasteiger partial charge is 0.397 e. The average Bonchev–Trinajstić information content (AvgIpc) is 3.08. The molecule has 1 aliphatic heterocycles. The van der Waals surface area contributed by atoms with Crippen LogP contribution in [0.2, 0.25) is 0 Å². The Kier molecular flexibility index (Phi) is 4.33. The Labute approximate surface area is 152 Å². The van der Waals surface area contributed by atoms with Crippen LogP contribution in [-0.2, 0) is 4.79 Å². The maximum Gasteiger partial charge on any atom is 0.397 e. The van der Waals surface area contributed by atoms with E-state index >= 15 is 0 Å². The van der Waals surface area contributed by atoms with Crippen LogP contribution < -0.4 is 10.2 Å². The molecular formula is C17H17F3N6O. The normalized spacial score (nSPS) is 18.2. The average molecular weight is 378 g/mol. The van der Waals surface area contributed by atoms with E-state index in [1.807, 2.05) is 11.0 Å². The Bertz CT molecular complexity index is 986. The van der Waals surface area contributed by atoms with Crippen molar-refractivity contribution in [2.24, 2.45) is 0 Å². The van der Waals surface area contributed by atoms with E-state index in [2.05, 4.69) is 25.5 Å². The van der Waals surface area contributed by atoms with Gasteiger partial charge in [0.25, 0.3) is 0 Å². The van der Waals surface area contributed by atoms with Crippen molar-refractivity contribution in [2.45, 2.75) is 31.5 Å². The lowest BCUT2D eigenvalue weighted by Gasteiger charge is -2.35. The van der Waals surface area contributed by atoms with Gasteiger partial charge in [-0.3, -0.25) is 9.89 Å². The summed E-state index contributed by atoms with van der Waals surface area (Å²) in [7, 11) is 0. The third-order valence-corrected chi connectivity index (χ3v) is 4.65. The third kappa shape index (κ3) is 3.64. The molecule has 1 amide bonds. The number of hydrogen-bond donors (Lipinski definition) is 2. The van der Waals surface area contributed by atoms with Crippen molar-refractivity contribution in [3.63, 3.8) is 0 Å². The van der Waals surface area contributed by atoms with Gasteiger partial charge in [-0.2, -0.15) is 18.3 Å². The molecule has 4 heterocycles. The summed E-state index contributed by atoms with van der Waals surface area (Å²) in [4.78, 5) is 22.2. The number of alkyl halides is 3. The number of rotatable bonds is 3. The Balaban J connectivity index is 1.60. The summed E-state index contributed by atoms with van der Waals surface area (Å²) < 4.78 is 37.2. The van der Waals surface area contributed by atoms with Crippen molar-refractivity contribution in [1.82, 2.24) is 25.5 Å². The Hall–Kier alpha value is -2.91. The predicted molar refractivity (Wildman–Crippen MR) is 93.2 cm³/mol. The van der Waals surface area contributed by atoms with E-state index in [-0.39, 0.29) is 6.04 Å². The highest BCUT2D eigenvalue weighted by molar-refractivity contribution is 6.09. The van der Waals surface area contributed by atoms with Crippen molar-refractivity contribution < 1.29 is 18.0 Å². The minimum Gasteiger partial charge on any atom is -0.368 e. The van der Waals surface area contributed by atoms with Gasteiger partial charge < -0.3 is 10.2 Å². The molecule has 2 N–H and O–H groups in total. The number of amides is 1. The maximum absolute atomic E-state index is 12.4. The van der Waals surface area contributed by atoms with Crippen LogP contribution in [0.25, 0.3) is 21.9 Å². The van der Waals surface area contributed by atoms with Gasteiger partial charge in [0.05, 0.1) is 23.6 Å². The van der Waals surface area contributed by atoms with Gasteiger partial charge in [0.1, 0.15) is 6.42 Å². The highest BCUT2D eigenvalue weighted by Crippen LogP contribution is 2.32. The van der Waals surface area contributed by atoms with Crippen LogP contribution in [-0.4, -0.2) is 51.4 Å². The SMILES string of the molecule is O=C(CC(F)(F)F)NC1CCCN(c2cn[nH]c3cnc4nccc4c23)C1. The van der Waals surface area contributed by atoms with Gasteiger partial charge in [0.2, 0.25) is 5.91 Å². The minimum atomic E-state index is -4.50. The molecule has 1 fully saturated rings. The van der Waals surface area contributed by atoms with Gasteiger partial charge in [-0.15, -0.1) is 0 Å². The molecule has 142 valence electrons.